The summed E-state index contributed by atoms with van der Waals surface area (Å²) in [4.78, 5) is 23.4. The van der Waals surface area contributed by atoms with Crippen molar-refractivity contribution in [1.82, 2.24) is 24.9 Å². The number of carbonyl (C=O) groups is 1. The Kier molecular flexibility index (Phi) is 4.22. The highest BCUT2D eigenvalue weighted by molar-refractivity contribution is 6.31. The highest BCUT2D eigenvalue weighted by Gasteiger charge is 2.21. The molecule has 0 aliphatic carbocycles. The molecule has 0 radical (unpaired) electrons. The topological polar surface area (TPSA) is 110 Å². The van der Waals surface area contributed by atoms with E-state index in [0.29, 0.717) is 17.3 Å². The predicted molar refractivity (Wildman–Crippen MR) is 74.0 cm³/mol. The number of hydrogen-bond acceptors (Lipinski definition) is 5. The van der Waals surface area contributed by atoms with Gasteiger partial charge in [0.25, 0.3) is 5.91 Å². The Labute approximate surface area is 124 Å². The number of aromatic nitrogens is 4. The van der Waals surface area contributed by atoms with Crippen molar-refractivity contribution in [2.45, 2.75) is 20.0 Å². The van der Waals surface area contributed by atoms with Gasteiger partial charge in [0.15, 0.2) is 5.69 Å². The molecule has 0 bridgehead atoms. The number of carbonyl (C=O) groups excluding carboxylic acids is 1. The molecule has 0 fully saturated rings. The lowest BCUT2D eigenvalue weighted by Crippen LogP contribution is -2.27. The number of hydrogen-bond donors (Lipinski definition) is 1. The zero-order valence-electron chi connectivity index (χ0n) is 11.4. The van der Waals surface area contributed by atoms with Crippen LogP contribution >= 0.6 is 11.6 Å². The summed E-state index contributed by atoms with van der Waals surface area (Å²) < 4.78 is 1.66. The standard InChI is InChI=1S/C11H13ClN6O3/c1-3-17-5-7(12)9(15-17)6-16(2)11(19)8-4-10(14-13-8)18(20)21/h4-5H,3,6H2,1-2H3,(H,13,14). The molecule has 0 aliphatic heterocycles. The minimum Gasteiger partial charge on any atom is -0.358 e. The lowest BCUT2D eigenvalue weighted by atomic mass is 10.3. The normalized spacial score (nSPS) is 10.6. The highest BCUT2D eigenvalue weighted by Crippen LogP contribution is 2.17. The maximum absolute atomic E-state index is 12.1. The SMILES string of the molecule is CCn1cc(Cl)c(CN(C)C(=O)c2cc([N+](=O)[O-])[nH]n2)n1. The van der Waals surface area contributed by atoms with Gasteiger partial charge in [0.2, 0.25) is 0 Å². The van der Waals surface area contributed by atoms with Gasteiger partial charge < -0.3 is 15.0 Å². The van der Waals surface area contributed by atoms with E-state index >= 15 is 0 Å². The van der Waals surface area contributed by atoms with Crippen molar-refractivity contribution in [3.63, 3.8) is 0 Å². The van der Waals surface area contributed by atoms with Gasteiger partial charge in [-0.25, -0.2) is 0 Å². The number of halogens is 1. The van der Waals surface area contributed by atoms with Crippen LogP contribution in [0.2, 0.25) is 5.02 Å². The molecule has 0 spiro atoms. The van der Waals surface area contributed by atoms with Crippen molar-refractivity contribution in [1.29, 1.82) is 0 Å². The summed E-state index contributed by atoms with van der Waals surface area (Å²) in [6.45, 7) is 2.78. The van der Waals surface area contributed by atoms with Crippen LogP contribution in [0, 0.1) is 10.1 Å². The molecule has 10 heteroatoms. The summed E-state index contributed by atoms with van der Waals surface area (Å²) in [5.41, 5.74) is 0.523. The van der Waals surface area contributed by atoms with Gasteiger partial charge in [0.1, 0.15) is 5.69 Å². The van der Waals surface area contributed by atoms with Crippen LogP contribution in [0.15, 0.2) is 12.3 Å². The van der Waals surface area contributed by atoms with E-state index in [1.165, 1.54) is 4.90 Å². The van der Waals surface area contributed by atoms with Crippen LogP contribution < -0.4 is 0 Å². The first-order valence-electron chi connectivity index (χ1n) is 6.09. The third-order valence-electron chi connectivity index (χ3n) is 2.82. The zero-order valence-corrected chi connectivity index (χ0v) is 12.2. The molecule has 2 aromatic rings. The monoisotopic (exact) mass is 312 g/mol. The largest absolute Gasteiger partial charge is 0.358 e. The quantitative estimate of drug-likeness (QED) is 0.664. The van der Waals surface area contributed by atoms with E-state index in [1.807, 2.05) is 6.92 Å². The second-order valence-electron chi connectivity index (χ2n) is 4.34. The maximum atomic E-state index is 12.1. The number of aryl methyl sites for hydroxylation is 1. The Morgan fingerprint density at radius 3 is 2.86 bits per heavy atom. The van der Waals surface area contributed by atoms with E-state index < -0.39 is 10.8 Å². The molecule has 0 unspecified atom stereocenters. The lowest BCUT2D eigenvalue weighted by Gasteiger charge is -2.13. The van der Waals surface area contributed by atoms with E-state index in [-0.39, 0.29) is 18.1 Å². The number of nitrogens with one attached hydrogen (secondary N) is 1. The molecule has 2 rings (SSSR count). The third kappa shape index (κ3) is 3.19. The van der Waals surface area contributed by atoms with Crippen molar-refractivity contribution < 1.29 is 9.72 Å². The van der Waals surface area contributed by atoms with E-state index in [0.717, 1.165) is 6.07 Å². The molecule has 21 heavy (non-hydrogen) atoms. The molecule has 1 N–H and O–H groups in total. The predicted octanol–water partition coefficient (Wildman–Crippen LogP) is 1.46. The van der Waals surface area contributed by atoms with Crippen LogP contribution in [0.1, 0.15) is 23.1 Å². The molecule has 0 aliphatic rings. The van der Waals surface area contributed by atoms with Gasteiger partial charge in [0.05, 0.1) is 17.6 Å². The molecule has 0 atom stereocenters. The molecule has 1 amide bonds. The number of amides is 1. The van der Waals surface area contributed by atoms with Crippen LogP contribution in [-0.4, -0.2) is 42.8 Å². The van der Waals surface area contributed by atoms with Gasteiger partial charge >= 0.3 is 5.82 Å². The summed E-state index contributed by atoms with van der Waals surface area (Å²) in [7, 11) is 1.55. The van der Waals surface area contributed by atoms with Gasteiger partial charge in [-0.05, 0) is 11.8 Å². The molecule has 2 heterocycles. The fourth-order valence-electron chi connectivity index (χ4n) is 1.71. The Bertz CT molecular complexity index is 679. The maximum Gasteiger partial charge on any atom is 0.343 e. The van der Waals surface area contributed by atoms with Crippen molar-refractivity contribution in [2.24, 2.45) is 0 Å². The number of nitro groups is 1. The molecule has 0 saturated heterocycles. The summed E-state index contributed by atoms with van der Waals surface area (Å²) >= 11 is 6.03. The van der Waals surface area contributed by atoms with Crippen LogP contribution in [-0.2, 0) is 13.1 Å². The molecular weight excluding hydrogens is 300 g/mol. The van der Waals surface area contributed by atoms with Crippen molar-refractivity contribution in [3.05, 3.63) is 38.8 Å². The Balaban J connectivity index is 2.11. The highest BCUT2D eigenvalue weighted by atomic mass is 35.5. The number of nitrogens with zero attached hydrogens (tertiary/aromatic N) is 5. The first kappa shape index (κ1) is 15.0. The molecule has 112 valence electrons. The first-order chi connectivity index (χ1) is 9.92. The van der Waals surface area contributed by atoms with Crippen LogP contribution in [0.3, 0.4) is 0 Å². The smallest absolute Gasteiger partial charge is 0.343 e. The van der Waals surface area contributed by atoms with Crippen molar-refractivity contribution in [2.75, 3.05) is 7.05 Å². The minimum atomic E-state index is -0.649. The fraction of sp³-hybridized carbons (Fsp3) is 0.364. The summed E-state index contributed by atoms with van der Waals surface area (Å²) in [6, 6.07) is 1.09. The van der Waals surface area contributed by atoms with Crippen LogP contribution in [0.5, 0.6) is 0 Å². The molecular formula is C11H13ClN6O3. The molecule has 0 aromatic carbocycles. The Morgan fingerprint density at radius 2 is 2.33 bits per heavy atom. The number of H-pyrrole nitrogens is 1. The van der Waals surface area contributed by atoms with Crippen molar-refractivity contribution >= 4 is 23.3 Å². The first-order valence-corrected chi connectivity index (χ1v) is 6.47. The van der Waals surface area contributed by atoms with E-state index in [1.54, 1.807) is 17.9 Å². The number of rotatable bonds is 5. The third-order valence-corrected chi connectivity index (χ3v) is 3.14. The van der Waals surface area contributed by atoms with Crippen LogP contribution in [0.4, 0.5) is 5.82 Å². The van der Waals surface area contributed by atoms with Gasteiger partial charge in [-0.1, -0.05) is 16.7 Å². The van der Waals surface area contributed by atoms with Gasteiger partial charge in [-0.15, -0.1) is 5.10 Å². The van der Waals surface area contributed by atoms with Crippen molar-refractivity contribution in [3.8, 4) is 0 Å². The second-order valence-corrected chi connectivity index (χ2v) is 4.74. The second kappa shape index (κ2) is 5.92. The van der Waals surface area contributed by atoms with Gasteiger partial charge in [-0.3, -0.25) is 9.48 Å². The Morgan fingerprint density at radius 1 is 1.62 bits per heavy atom. The average molecular weight is 313 g/mol. The fourth-order valence-corrected chi connectivity index (χ4v) is 1.92. The average Bonchev–Trinajstić information content (AvgIpc) is 3.05. The van der Waals surface area contributed by atoms with Gasteiger partial charge in [-0.2, -0.15) is 5.10 Å². The molecule has 2 aromatic heterocycles. The molecule has 9 nitrogen and oxygen atoms in total. The summed E-state index contributed by atoms with van der Waals surface area (Å²) in [5.74, 6) is -0.790. The van der Waals surface area contributed by atoms with Crippen LogP contribution in [0.25, 0.3) is 0 Å². The number of aromatic amines is 1. The lowest BCUT2D eigenvalue weighted by molar-refractivity contribution is -0.389. The van der Waals surface area contributed by atoms with Gasteiger partial charge in [0, 0.05) is 19.8 Å². The minimum absolute atomic E-state index is 0.0322. The Hall–Kier alpha value is -2.42. The summed E-state index contributed by atoms with van der Waals surface area (Å²) in [6.07, 6.45) is 1.68. The zero-order chi connectivity index (χ0) is 15.6. The van der Waals surface area contributed by atoms with E-state index in [4.69, 9.17) is 11.6 Å². The molecule has 0 saturated carbocycles. The summed E-state index contributed by atoms with van der Waals surface area (Å²) in [5, 5.41) is 21.1. The van der Waals surface area contributed by atoms with E-state index in [2.05, 4.69) is 15.3 Å². The van der Waals surface area contributed by atoms with E-state index in [9.17, 15) is 14.9 Å².